The molecule has 0 radical (unpaired) electrons. The van der Waals surface area contributed by atoms with Crippen LogP contribution in [0, 0.1) is 6.92 Å². The molecule has 4 nitrogen and oxygen atoms in total. The summed E-state index contributed by atoms with van der Waals surface area (Å²) in [6.45, 7) is 2.77. The maximum absolute atomic E-state index is 6.01. The van der Waals surface area contributed by atoms with Crippen molar-refractivity contribution in [1.82, 2.24) is 10.3 Å². The molecule has 1 aliphatic rings. The lowest BCUT2D eigenvalue weighted by Gasteiger charge is -2.12. The number of benzene rings is 1. The molecule has 0 spiro atoms. The Morgan fingerprint density at radius 2 is 1.90 bits per heavy atom. The van der Waals surface area contributed by atoms with Crippen LogP contribution in [-0.2, 0) is 6.54 Å². The monoisotopic (exact) mass is 284 g/mol. The molecule has 1 fully saturated rings. The van der Waals surface area contributed by atoms with Gasteiger partial charge in [0.15, 0.2) is 0 Å². The van der Waals surface area contributed by atoms with Gasteiger partial charge in [-0.05, 0) is 44.0 Å². The molecule has 2 aromatic rings. The topological polar surface area (TPSA) is 43.4 Å². The molecule has 0 bridgehead atoms. The van der Waals surface area contributed by atoms with Crippen LogP contribution in [-0.4, -0.2) is 18.1 Å². The van der Waals surface area contributed by atoms with Gasteiger partial charge in [0.05, 0.1) is 7.11 Å². The van der Waals surface area contributed by atoms with Crippen LogP contribution >= 0.6 is 0 Å². The normalized spacial score (nSPS) is 14.0. The first-order chi connectivity index (χ1) is 10.2. The van der Waals surface area contributed by atoms with Gasteiger partial charge in [-0.25, -0.2) is 0 Å². The quantitative estimate of drug-likeness (QED) is 0.882. The Morgan fingerprint density at radius 1 is 1.19 bits per heavy atom. The lowest BCUT2D eigenvalue weighted by molar-refractivity contribution is 0.412. The van der Waals surface area contributed by atoms with Crippen molar-refractivity contribution in [2.45, 2.75) is 32.4 Å². The Balaban J connectivity index is 1.76. The standard InChI is InChI=1S/C17H20N2O2/c1-12-9-17(13(10-18-12)11-19-14-3-4-14)21-16-7-5-15(20-2)6-8-16/h5-10,14,19H,3-4,11H2,1-2H3. The van der Waals surface area contributed by atoms with Gasteiger partial charge in [0.2, 0.25) is 0 Å². The van der Waals surface area contributed by atoms with Gasteiger partial charge in [-0.15, -0.1) is 0 Å². The van der Waals surface area contributed by atoms with Gasteiger partial charge in [0.1, 0.15) is 17.2 Å². The van der Waals surface area contributed by atoms with Crippen LogP contribution in [0.3, 0.4) is 0 Å². The maximum atomic E-state index is 6.01. The number of hydrogen-bond acceptors (Lipinski definition) is 4. The number of aryl methyl sites for hydroxylation is 1. The second-order valence-electron chi connectivity index (χ2n) is 5.37. The van der Waals surface area contributed by atoms with Crippen molar-refractivity contribution in [1.29, 1.82) is 0 Å². The molecular formula is C17H20N2O2. The van der Waals surface area contributed by atoms with Gasteiger partial charge in [-0.3, -0.25) is 4.98 Å². The predicted molar refractivity (Wildman–Crippen MR) is 81.9 cm³/mol. The number of pyridine rings is 1. The first-order valence-corrected chi connectivity index (χ1v) is 7.25. The number of rotatable bonds is 6. The zero-order valence-electron chi connectivity index (χ0n) is 12.4. The third-order valence-electron chi connectivity index (χ3n) is 3.53. The van der Waals surface area contributed by atoms with Crippen LogP contribution in [0.1, 0.15) is 24.1 Å². The minimum absolute atomic E-state index is 0.667. The molecule has 0 saturated heterocycles. The predicted octanol–water partition coefficient (Wildman–Crippen LogP) is 3.44. The first-order valence-electron chi connectivity index (χ1n) is 7.25. The van der Waals surface area contributed by atoms with Crippen LogP contribution in [0.5, 0.6) is 17.2 Å². The van der Waals surface area contributed by atoms with Crippen molar-refractivity contribution in [3.8, 4) is 17.2 Å². The SMILES string of the molecule is COc1ccc(Oc2cc(C)ncc2CNC2CC2)cc1. The fourth-order valence-corrected chi connectivity index (χ4v) is 2.10. The van der Waals surface area contributed by atoms with Crippen molar-refractivity contribution in [3.63, 3.8) is 0 Å². The molecule has 1 aromatic carbocycles. The second-order valence-corrected chi connectivity index (χ2v) is 5.37. The number of aromatic nitrogens is 1. The van der Waals surface area contributed by atoms with Gasteiger partial charge >= 0.3 is 0 Å². The summed E-state index contributed by atoms with van der Waals surface area (Å²) in [7, 11) is 1.66. The van der Waals surface area contributed by atoms with Gasteiger partial charge < -0.3 is 14.8 Å². The van der Waals surface area contributed by atoms with Crippen LogP contribution in [0.4, 0.5) is 0 Å². The summed E-state index contributed by atoms with van der Waals surface area (Å²) in [6.07, 6.45) is 4.44. The van der Waals surface area contributed by atoms with Gasteiger partial charge in [0.25, 0.3) is 0 Å². The number of nitrogens with one attached hydrogen (secondary N) is 1. The Morgan fingerprint density at radius 3 is 2.57 bits per heavy atom. The molecule has 0 amide bonds. The Bertz CT molecular complexity index is 607. The molecule has 1 aliphatic carbocycles. The molecule has 1 saturated carbocycles. The van der Waals surface area contributed by atoms with Crippen molar-refractivity contribution < 1.29 is 9.47 Å². The van der Waals surface area contributed by atoms with E-state index in [2.05, 4.69) is 10.3 Å². The van der Waals surface area contributed by atoms with Gasteiger partial charge in [-0.2, -0.15) is 0 Å². The molecule has 0 atom stereocenters. The highest BCUT2D eigenvalue weighted by Crippen LogP contribution is 2.28. The largest absolute Gasteiger partial charge is 0.497 e. The molecule has 4 heteroatoms. The summed E-state index contributed by atoms with van der Waals surface area (Å²) >= 11 is 0. The minimum Gasteiger partial charge on any atom is -0.497 e. The van der Waals surface area contributed by atoms with E-state index in [9.17, 15) is 0 Å². The summed E-state index contributed by atoms with van der Waals surface area (Å²) in [6, 6.07) is 10.3. The molecule has 3 rings (SSSR count). The average molecular weight is 284 g/mol. The summed E-state index contributed by atoms with van der Waals surface area (Å²) in [4.78, 5) is 4.37. The molecule has 0 unspecified atom stereocenters. The summed E-state index contributed by atoms with van der Waals surface area (Å²) < 4.78 is 11.2. The van der Waals surface area contributed by atoms with Crippen LogP contribution in [0.25, 0.3) is 0 Å². The van der Waals surface area contributed by atoms with E-state index < -0.39 is 0 Å². The molecule has 110 valence electrons. The molecule has 21 heavy (non-hydrogen) atoms. The van der Waals surface area contributed by atoms with Crippen LogP contribution in [0.2, 0.25) is 0 Å². The van der Waals surface area contributed by atoms with E-state index in [0.717, 1.165) is 35.1 Å². The van der Waals surface area contributed by atoms with E-state index in [1.807, 2.05) is 43.5 Å². The zero-order valence-corrected chi connectivity index (χ0v) is 12.4. The highest BCUT2D eigenvalue weighted by atomic mass is 16.5. The lowest BCUT2D eigenvalue weighted by Crippen LogP contribution is -2.16. The van der Waals surface area contributed by atoms with E-state index in [0.29, 0.717) is 6.04 Å². The zero-order chi connectivity index (χ0) is 14.7. The maximum Gasteiger partial charge on any atom is 0.135 e. The number of hydrogen-bond donors (Lipinski definition) is 1. The van der Waals surface area contributed by atoms with Gasteiger partial charge in [-0.1, -0.05) is 0 Å². The molecule has 0 aliphatic heterocycles. The first kappa shape index (κ1) is 13.9. The number of methoxy groups -OCH3 is 1. The third kappa shape index (κ3) is 3.73. The minimum atomic E-state index is 0.667. The highest BCUT2D eigenvalue weighted by molar-refractivity contribution is 5.39. The summed E-state index contributed by atoms with van der Waals surface area (Å²) in [5.41, 5.74) is 2.04. The molecule has 1 aromatic heterocycles. The number of nitrogens with zero attached hydrogens (tertiary/aromatic N) is 1. The van der Waals surface area contributed by atoms with Gasteiger partial charge in [0, 0.05) is 36.1 Å². The lowest BCUT2D eigenvalue weighted by atomic mass is 10.2. The Hall–Kier alpha value is -2.07. The number of ether oxygens (including phenoxy) is 2. The molecule has 1 heterocycles. The van der Waals surface area contributed by atoms with E-state index in [-0.39, 0.29) is 0 Å². The fraction of sp³-hybridized carbons (Fsp3) is 0.353. The second kappa shape index (κ2) is 6.14. The van der Waals surface area contributed by atoms with Crippen molar-refractivity contribution in [3.05, 3.63) is 47.8 Å². The van der Waals surface area contributed by atoms with Crippen molar-refractivity contribution >= 4 is 0 Å². The van der Waals surface area contributed by atoms with E-state index >= 15 is 0 Å². The van der Waals surface area contributed by atoms with Crippen LogP contribution < -0.4 is 14.8 Å². The molecule has 1 N–H and O–H groups in total. The van der Waals surface area contributed by atoms with E-state index in [1.165, 1.54) is 12.8 Å². The van der Waals surface area contributed by atoms with Crippen molar-refractivity contribution in [2.24, 2.45) is 0 Å². The summed E-state index contributed by atoms with van der Waals surface area (Å²) in [5, 5.41) is 3.50. The van der Waals surface area contributed by atoms with Crippen molar-refractivity contribution in [2.75, 3.05) is 7.11 Å². The average Bonchev–Trinajstić information content (AvgIpc) is 3.31. The Kier molecular flexibility index (Phi) is 4.06. The van der Waals surface area contributed by atoms with E-state index in [4.69, 9.17) is 9.47 Å². The summed E-state index contributed by atoms with van der Waals surface area (Å²) in [5.74, 6) is 2.48. The third-order valence-corrected chi connectivity index (χ3v) is 3.53. The Labute approximate surface area is 125 Å². The smallest absolute Gasteiger partial charge is 0.135 e. The van der Waals surface area contributed by atoms with Crippen LogP contribution in [0.15, 0.2) is 36.5 Å². The molecular weight excluding hydrogens is 264 g/mol. The van der Waals surface area contributed by atoms with E-state index in [1.54, 1.807) is 7.11 Å². The fourth-order valence-electron chi connectivity index (χ4n) is 2.10. The highest BCUT2D eigenvalue weighted by Gasteiger charge is 2.20.